The van der Waals surface area contributed by atoms with Gasteiger partial charge < -0.3 is 20.7 Å². The minimum Gasteiger partial charge on any atom is -0.444 e. The SMILES string of the molecule is CC(C)(C)OC(=O)NCCC(=O)Nc1cccc(NC(=O)c2cccnc2)c1. The zero-order valence-corrected chi connectivity index (χ0v) is 16.1. The molecular weight excluding hydrogens is 360 g/mol. The smallest absolute Gasteiger partial charge is 0.407 e. The number of rotatable bonds is 6. The van der Waals surface area contributed by atoms with Crippen molar-refractivity contribution in [2.45, 2.75) is 32.8 Å². The molecule has 8 nitrogen and oxygen atoms in total. The van der Waals surface area contributed by atoms with E-state index in [0.29, 0.717) is 16.9 Å². The Labute approximate surface area is 163 Å². The van der Waals surface area contributed by atoms with Crippen LogP contribution in [0.4, 0.5) is 16.2 Å². The molecule has 0 aliphatic heterocycles. The van der Waals surface area contributed by atoms with Gasteiger partial charge >= 0.3 is 6.09 Å². The molecule has 1 aromatic heterocycles. The largest absolute Gasteiger partial charge is 0.444 e. The lowest BCUT2D eigenvalue weighted by atomic mass is 10.2. The van der Waals surface area contributed by atoms with Crippen LogP contribution in [0, 0.1) is 0 Å². The molecule has 1 heterocycles. The second kappa shape index (κ2) is 9.50. The number of aromatic nitrogens is 1. The van der Waals surface area contributed by atoms with Gasteiger partial charge in [-0.2, -0.15) is 0 Å². The standard InChI is InChI=1S/C20H24N4O4/c1-20(2,3)28-19(27)22-11-9-17(25)23-15-7-4-8-16(12-15)24-18(26)14-6-5-10-21-13-14/h4-8,10,12-13H,9,11H2,1-3H3,(H,22,27)(H,23,25)(H,24,26). The van der Waals surface area contributed by atoms with Gasteiger partial charge in [-0.1, -0.05) is 6.07 Å². The number of nitrogens with zero attached hydrogens (tertiary/aromatic N) is 1. The van der Waals surface area contributed by atoms with Crippen molar-refractivity contribution >= 4 is 29.3 Å². The van der Waals surface area contributed by atoms with Crippen LogP contribution < -0.4 is 16.0 Å². The third-order valence-corrected chi connectivity index (χ3v) is 3.35. The summed E-state index contributed by atoms with van der Waals surface area (Å²) in [6, 6.07) is 10.1. The molecule has 0 aliphatic rings. The number of nitrogens with one attached hydrogen (secondary N) is 3. The molecule has 0 saturated carbocycles. The summed E-state index contributed by atoms with van der Waals surface area (Å²) in [4.78, 5) is 39.7. The van der Waals surface area contributed by atoms with Crippen LogP contribution in [0.3, 0.4) is 0 Å². The van der Waals surface area contributed by atoms with Crippen LogP contribution in [0.2, 0.25) is 0 Å². The average molecular weight is 384 g/mol. The molecule has 2 rings (SSSR count). The number of hydrogen-bond donors (Lipinski definition) is 3. The van der Waals surface area contributed by atoms with Crippen molar-refractivity contribution in [1.29, 1.82) is 0 Å². The first kappa shape index (κ1) is 20.9. The first-order valence-electron chi connectivity index (χ1n) is 8.81. The monoisotopic (exact) mass is 384 g/mol. The molecule has 8 heteroatoms. The minimum absolute atomic E-state index is 0.0888. The van der Waals surface area contributed by atoms with Gasteiger partial charge in [-0.15, -0.1) is 0 Å². The van der Waals surface area contributed by atoms with Gasteiger partial charge in [-0.05, 0) is 51.1 Å². The molecule has 0 aliphatic carbocycles. The van der Waals surface area contributed by atoms with E-state index < -0.39 is 11.7 Å². The third kappa shape index (κ3) is 7.45. The summed E-state index contributed by atoms with van der Waals surface area (Å²) in [5.74, 6) is -0.565. The van der Waals surface area contributed by atoms with Crippen molar-refractivity contribution < 1.29 is 19.1 Å². The molecule has 3 N–H and O–H groups in total. The summed E-state index contributed by atoms with van der Waals surface area (Å²) in [6.45, 7) is 5.44. The topological polar surface area (TPSA) is 109 Å². The predicted octanol–water partition coefficient (Wildman–Crippen LogP) is 3.19. The molecule has 0 unspecified atom stereocenters. The van der Waals surface area contributed by atoms with E-state index in [-0.39, 0.29) is 24.8 Å². The Morgan fingerprint density at radius 3 is 2.39 bits per heavy atom. The number of amides is 3. The highest BCUT2D eigenvalue weighted by molar-refractivity contribution is 6.04. The molecule has 0 fully saturated rings. The molecule has 0 atom stereocenters. The fourth-order valence-corrected chi connectivity index (χ4v) is 2.19. The van der Waals surface area contributed by atoms with Crippen LogP contribution in [-0.4, -0.2) is 35.0 Å². The summed E-state index contributed by atoms with van der Waals surface area (Å²) >= 11 is 0. The van der Waals surface area contributed by atoms with Crippen LogP contribution in [0.1, 0.15) is 37.6 Å². The Morgan fingerprint density at radius 2 is 1.75 bits per heavy atom. The van der Waals surface area contributed by atoms with Gasteiger partial charge in [0, 0.05) is 36.7 Å². The first-order chi connectivity index (χ1) is 13.2. The quantitative estimate of drug-likeness (QED) is 0.709. The number of alkyl carbamates (subject to hydrolysis) is 1. The fourth-order valence-electron chi connectivity index (χ4n) is 2.19. The lowest BCUT2D eigenvalue weighted by Crippen LogP contribution is -2.34. The Kier molecular flexibility index (Phi) is 7.08. The summed E-state index contributed by atoms with van der Waals surface area (Å²) in [6.07, 6.45) is 2.58. The predicted molar refractivity (Wildman–Crippen MR) is 106 cm³/mol. The molecular formula is C20H24N4O4. The van der Waals surface area contributed by atoms with Gasteiger partial charge in [0.05, 0.1) is 5.56 Å². The van der Waals surface area contributed by atoms with Crippen molar-refractivity contribution in [1.82, 2.24) is 10.3 Å². The molecule has 0 spiro atoms. The maximum absolute atomic E-state index is 12.2. The van der Waals surface area contributed by atoms with Gasteiger partial charge in [0.1, 0.15) is 5.60 Å². The Bertz CT molecular complexity index is 832. The molecule has 1 aromatic carbocycles. The zero-order chi connectivity index (χ0) is 20.6. The van der Waals surface area contributed by atoms with Crippen molar-refractivity contribution in [3.63, 3.8) is 0 Å². The van der Waals surface area contributed by atoms with Gasteiger partial charge in [0.15, 0.2) is 0 Å². The zero-order valence-electron chi connectivity index (χ0n) is 16.1. The number of ether oxygens (including phenoxy) is 1. The highest BCUT2D eigenvalue weighted by atomic mass is 16.6. The molecule has 2 aromatic rings. The highest BCUT2D eigenvalue weighted by Gasteiger charge is 2.16. The summed E-state index contributed by atoms with van der Waals surface area (Å²) in [5, 5.41) is 8.00. The number of anilines is 2. The van der Waals surface area contributed by atoms with Crippen molar-refractivity contribution in [3.05, 3.63) is 54.4 Å². The second-order valence-corrected chi connectivity index (χ2v) is 7.00. The van der Waals surface area contributed by atoms with Gasteiger partial charge in [0.2, 0.25) is 5.91 Å². The van der Waals surface area contributed by atoms with Crippen LogP contribution >= 0.6 is 0 Å². The second-order valence-electron chi connectivity index (χ2n) is 7.00. The third-order valence-electron chi connectivity index (χ3n) is 3.35. The summed E-state index contributed by atoms with van der Waals surface area (Å²) < 4.78 is 5.10. The van der Waals surface area contributed by atoms with E-state index in [1.807, 2.05) is 0 Å². The molecule has 148 valence electrons. The highest BCUT2D eigenvalue weighted by Crippen LogP contribution is 2.16. The Hall–Kier alpha value is -3.42. The molecule has 0 radical (unpaired) electrons. The van der Waals surface area contributed by atoms with Crippen LogP contribution in [-0.2, 0) is 9.53 Å². The first-order valence-corrected chi connectivity index (χ1v) is 8.81. The molecule has 0 saturated heterocycles. The van der Waals surface area contributed by atoms with E-state index in [2.05, 4.69) is 20.9 Å². The van der Waals surface area contributed by atoms with Crippen LogP contribution in [0.5, 0.6) is 0 Å². The summed E-state index contributed by atoms with van der Waals surface area (Å²) in [5.41, 5.74) is 0.919. The van der Waals surface area contributed by atoms with E-state index in [0.717, 1.165) is 0 Å². The number of pyridine rings is 1. The lowest BCUT2D eigenvalue weighted by Gasteiger charge is -2.19. The van der Waals surface area contributed by atoms with E-state index >= 15 is 0 Å². The lowest BCUT2D eigenvalue weighted by molar-refractivity contribution is -0.116. The minimum atomic E-state index is -0.590. The van der Waals surface area contributed by atoms with Gasteiger partial charge in [-0.3, -0.25) is 14.6 Å². The van der Waals surface area contributed by atoms with E-state index in [4.69, 9.17) is 4.74 Å². The van der Waals surface area contributed by atoms with Gasteiger partial charge in [0.25, 0.3) is 5.91 Å². The van der Waals surface area contributed by atoms with Gasteiger partial charge in [-0.25, -0.2) is 4.79 Å². The Balaban J connectivity index is 1.82. The number of carbonyl (C=O) groups excluding carboxylic acids is 3. The number of benzene rings is 1. The average Bonchev–Trinajstić information content (AvgIpc) is 2.61. The normalized spacial score (nSPS) is 10.7. The fraction of sp³-hybridized carbons (Fsp3) is 0.300. The van der Waals surface area contributed by atoms with Crippen LogP contribution in [0.15, 0.2) is 48.8 Å². The van der Waals surface area contributed by atoms with E-state index in [1.54, 1.807) is 63.4 Å². The maximum Gasteiger partial charge on any atom is 0.407 e. The molecule has 28 heavy (non-hydrogen) atoms. The van der Waals surface area contributed by atoms with E-state index in [1.165, 1.54) is 6.20 Å². The van der Waals surface area contributed by atoms with Crippen molar-refractivity contribution in [2.75, 3.05) is 17.2 Å². The Morgan fingerprint density at radius 1 is 1.04 bits per heavy atom. The molecule has 3 amide bonds. The molecule has 0 bridgehead atoms. The summed E-state index contributed by atoms with van der Waals surface area (Å²) in [7, 11) is 0. The van der Waals surface area contributed by atoms with Crippen molar-refractivity contribution in [2.24, 2.45) is 0 Å². The number of hydrogen-bond acceptors (Lipinski definition) is 5. The maximum atomic E-state index is 12.2. The van der Waals surface area contributed by atoms with Crippen LogP contribution in [0.25, 0.3) is 0 Å². The van der Waals surface area contributed by atoms with Crippen molar-refractivity contribution in [3.8, 4) is 0 Å². The van der Waals surface area contributed by atoms with E-state index in [9.17, 15) is 14.4 Å². The number of carbonyl (C=O) groups is 3.